The summed E-state index contributed by atoms with van der Waals surface area (Å²) in [5, 5.41) is 8.40. The van der Waals surface area contributed by atoms with E-state index in [0.717, 1.165) is 12.8 Å². The first-order chi connectivity index (χ1) is 13.4. The van der Waals surface area contributed by atoms with Gasteiger partial charge in [-0.15, -0.1) is 9.90 Å². The lowest BCUT2D eigenvalue weighted by molar-refractivity contribution is 0.0787. The van der Waals surface area contributed by atoms with Crippen molar-refractivity contribution in [2.24, 2.45) is 0 Å². The molecule has 0 atom stereocenters. The van der Waals surface area contributed by atoms with Crippen molar-refractivity contribution in [3.8, 4) is 5.69 Å². The largest absolute Gasteiger partial charge is 0.356 e. The van der Waals surface area contributed by atoms with Crippen molar-refractivity contribution in [2.75, 3.05) is 17.8 Å². The number of pyridine rings is 1. The number of aromatic amines is 1. The molecule has 28 heavy (non-hydrogen) atoms. The summed E-state index contributed by atoms with van der Waals surface area (Å²) in [7, 11) is -3.92. The highest BCUT2D eigenvalue weighted by atomic mass is 32.2. The Morgan fingerprint density at radius 2 is 2.04 bits per heavy atom. The molecule has 1 aliphatic heterocycles. The van der Waals surface area contributed by atoms with Crippen LogP contribution in [0.4, 0.5) is 5.82 Å². The number of rotatable bonds is 5. The number of anilines is 1. The minimum Gasteiger partial charge on any atom is -0.356 e. The van der Waals surface area contributed by atoms with Gasteiger partial charge >= 0.3 is 0 Å². The van der Waals surface area contributed by atoms with Gasteiger partial charge in [0.1, 0.15) is 22.0 Å². The number of nitrogens with one attached hydrogen (secondary N) is 2. The fourth-order valence-corrected chi connectivity index (χ4v) is 4.04. The number of amides is 1. The van der Waals surface area contributed by atoms with Crippen LogP contribution < -0.4 is 4.72 Å². The molecule has 4 heterocycles. The van der Waals surface area contributed by atoms with E-state index in [1.165, 1.54) is 17.1 Å². The van der Waals surface area contributed by atoms with Gasteiger partial charge in [-0.05, 0) is 38.0 Å². The Kier molecular flexibility index (Phi) is 4.59. The third-order valence-corrected chi connectivity index (χ3v) is 5.80. The van der Waals surface area contributed by atoms with Gasteiger partial charge in [0.15, 0.2) is 5.82 Å². The molecule has 0 saturated carbocycles. The monoisotopic (exact) mass is 401 g/mol. The molecule has 0 aromatic carbocycles. The third-order valence-electron chi connectivity index (χ3n) is 4.48. The van der Waals surface area contributed by atoms with Crippen molar-refractivity contribution in [3.05, 3.63) is 48.2 Å². The van der Waals surface area contributed by atoms with Gasteiger partial charge in [-0.25, -0.2) is 8.42 Å². The Hall–Kier alpha value is -3.21. The standard InChI is InChI=1S/C17H19N7O3S/c1-12-16(21-24(20-12)13-5-4-6-18-10-13)22-28(26,27)14-9-15(19-11-14)17(25)23-7-2-3-8-23/h4-6,9-11,19H,2-3,7-8H2,1H3,(H,21,22). The minimum atomic E-state index is -3.92. The molecule has 146 valence electrons. The van der Waals surface area contributed by atoms with E-state index in [9.17, 15) is 13.2 Å². The molecule has 1 saturated heterocycles. The highest BCUT2D eigenvalue weighted by molar-refractivity contribution is 7.92. The topological polar surface area (TPSA) is 126 Å². The molecule has 3 aromatic heterocycles. The maximum atomic E-state index is 12.7. The fourth-order valence-electron chi connectivity index (χ4n) is 2.99. The van der Waals surface area contributed by atoms with Gasteiger partial charge in [0.25, 0.3) is 15.9 Å². The summed E-state index contributed by atoms with van der Waals surface area (Å²) in [5.41, 5.74) is 1.27. The van der Waals surface area contributed by atoms with Gasteiger partial charge in [-0.2, -0.15) is 5.10 Å². The summed E-state index contributed by atoms with van der Waals surface area (Å²) in [6.45, 7) is 3.03. The zero-order valence-electron chi connectivity index (χ0n) is 15.2. The molecule has 0 unspecified atom stereocenters. The predicted octanol–water partition coefficient (Wildman–Crippen LogP) is 1.34. The van der Waals surface area contributed by atoms with Gasteiger partial charge in [0, 0.05) is 25.5 Å². The number of aryl methyl sites for hydroxylation is 1. The van der Waals surface area contributed by atoms with Crippen LogP contribution in [0.3, 0.4) is 0 Å². The van der Waals surface area contributed by atoms with Crippen LogP contribution in [0.5, 0.6) is 0 Å². The maximum absolute atomic E-state index is 12.7. The maximum Gasteiger partial charge on any atom is 0.270 e. The van der Waals surface area contributed by atoms with Crippen LogP contribution in [0.2, 0.25) is 0 Å². The Labute approximate surface area is 161 Å². The highest BCUT2D eigenvalue weighted by Crippen LogP contribution is 2.20. The molecular weight excluding hydrogens is 382 g/mol. The van der Waals surface area contributed by atoms with E-state index < -0.39 is 10.0 Å². The number of carbonyl (C=O) groups is 1. The number of hydrogen-bond acceptors (Lipinski definition) is 6. The summed E-state index contributed by atoms with van der Waals surface area (Å²) < 4.78 is 27.9. The highest BCUT2D eigenvalue weighted by Gasteiger charge is 2.25. The molecule has 1 aliphatic rings. The van der Waals surface area contributed by atoms with Crippen molar-refractivity contribution in [2.45, 2.75) is 24.7 Å². The number of hydrogen-bond donors (Lipinski definition) is 2. The van der Waals surface area contributed by atoms with Crippen LogP contribution >= 0.6 is 0 Å². The summed E-state index contributed by atoms with van der Waals surface area (Å²) in [6.07, 6.45) is 6.42. The minimum absolute atomic E-state index is 0.0367. The van der Waals surface area contributed by atoms with E-state index in [2.05, 4.69) is 24.9 Å². The lowest BCUT2D eigenvalue weighted by atomic mass is 10.4. The van der Waals surface area contributed by atoms with Crippen LogP contribution in [-0.4, -0.2) is 57.3 Å². The number of carbonyl (C=O) groups excluding carboxylic acids is 1. The summed E-state index contributed by atoms with van der Waals surface area (Å²) in [4.78, 5) is 22.1. The van der Waals surface area contributed by atoms with E-state index in [1.54, 1.807) is 36.4 Å². The van der Waals surface area contributed by atoms with Crippen LogP contribution in [0.25, 0.3) is 5.69 Å². The first kappa shape index (κ1) is 18.2. The van der Waals surface area contributed by atoms with Crippen LogP contribution in [0, 0.1) is 6.92 Å². The smallest absolute Gasteiger partial charge is 0.270 e. The SMILES string of the molecule is Cc1nn(-c2cccnc2)nc1NS(=O)(=O)c1c[nH]c(C(=O)N2CCCC2)c1. The second-order valence-corrected chi connectivity index (χ2v) is 8.17. The Morgan fingerprint density at radius 1 is 1.25 bits per heavy atom. The first-order valence-corrected chi connectivity index (χ1v) is 10.3. The molecule has 0 radical (unpaired) electrons. The van der Waals surface area contributed by atoms with Gasteiger partial charge < -0.3 is 9.88 Å². The first-order valence-electron chi connectivity index (χ1n) is 8.79. The van der Waals surface area contributed by atoms with Gasteiger partial charge in [0.2, 0.25) is 0 Å². The van der Waals surface area contributed by atoms with E-state index in [0.29, 0.717) is 24.5 Å². The molecular formula is C17H19N7O3S. The second-order valence-electron chi connectivity index (χ2n) is 6.49. The number of likely N-dealkylation sites (tertiary alicyclic amines) is 1. The number of nitrogens with zero attached hydrogens (tertiary/aromatic N) is 5. The zero-order valence-corrected chi connectivity index (χ0v) is 16.0. The Bertz CT molecular complexity index is 1100. The van der Waals surface area contributed by atoms with Crippen LogP contribution in [0.1, 0.15) is 29.0 Å². The van der Waals surface area contributed by atoms with E-state index in [-0.39, 0.29) is 22.3 Å². The Balaban J connectivity index is 1.55. The average Bonchev–Trinajstić information content (AvgIpc) is 3.44. The number of H-pyrrole nitrogens is 1. The molecule has 10 nitrogen and oxygen atoms in total. The molecule has 1 amide bonds. The second kappa shape index (κ2) is 7.08. The van der Waals surface area contributed by atoms with Crippen molar-refractivity contribution < 1.29 is 13.2 Å². The lowest BCUT2D eigenvalue weighted by Crippen LogP contribution is -2.27. The summed E-state index contributed by atoms with van der Waals surface area (Å²) >= 11 is 0. The van der Waals surface area contributed by atoms with Crippen LogP contribution in [0.15, 0.2) is 41.7 Å². The fraction of sp³-hybridized carbons (Fsp3) is 0.294. The van der Waals surface area contributed by atoms with Gasteiger partial charge in [-0.3, -0.25) is 14.5 Å². The van der Waals surface area contributed by atoms with Crippen molar-refractivity contribution in [1.29, 1.82) is 0 Å². The molecule has 3 aromatic rings. The lowest BCUT2D eigenvalue weighted by Gasteiger charge is -2.13. The average molecular weight is 401 g/mol. The zero-order chi connectivity index (χ0) is 19.7. The molecule has 0 bridgehead atoms. The normalized spacial score (nSPS) is 14.4. The molecule has 11 heteroatoms. The molecule has 0 aliphatic carbocycles. The van der Waals surface area contributed by atoms with Gasteiger partial charge in [0.05, 0.1) is 6.20 Å². The number of sulfonamides is 1. The van der Waals surface area contributed by atoms with Crippen molar-refractivity contribution in [3.63, 3.8) is 0 Å². The van der Waals surface area contributed by atoms with E-state index >= 15 is 0 Å². The molecule has 0 spiro atoms. The number of aromatic nitrogens is 5. The third kappa shape index (κ3) is 3.48. The van der Waals surface area contributed by atoms with Crippen molar-refractivity contribution in [1.82, 2.24) is 29.9 Å². The van der Waals surface area contributed by atoms with Crippen LogP contribution in [-0.2, 0) is 10.0 Å². The summed E-state index contributed by atoms with van der Waals surface area (Å²) in [5.74, 6) is -0.0878. The quantitative estimate of drug-likeness (QED) is 0.664. The van der Waals surface area contributed by atoms with Gasteiger partial charge in [-0.1, -0.05) is 0 Å². The molecule has 4 rings (SSSR count). The van der Waals surface area contributed by atoms with Crippen molar-refractivity contribution >= 4 is 21.7 Å². The van der Waals surface area contributed by atoms with E-state index in [1.807, 2.05) is 0 Å². The predicted molar refractivity (Wildman–Crippen MR) is 101 cm³/mol. The summed E-state index contributed by atoms with van der Waals surface area (Å²) in [6, 6.07) is 4.83. The van der Waals surface area contributed by atoms with E-state index in [4.69, 9.17) is 0 Å². The Morgan fingerprint density at radius 3 is 2.75 bits per heavy atom. The molecule has 2 N–H and O–H groups in total. The molecule has 1 fully saturated rings.